The minimum absolute atomic E-state index is 0.0387. The Morgan fingerprint density at radius 3 is 2.50 bits per heavy atom. The molecule has 1 unspecified atom stereocenters. The zero-order chi connectivity index (χ0) is 21.9. The highest BCUT2D eigenvalue weighted by Crippen LogP contribution is 2.33. The Kier molecular flexibility index (Phi) is 6.16. The van der Waals surface area contributed by atoms with Gasteiger partial charge in [-0.15, -0.1) is 0 Å². The van der Waals surface area contributed by atoms with Gasteiger partial charge in [-0.1, -0.05) is 12.1 Å². The van der Waals surface area contributed by atoms with E-state index in [1.54, 1.807) is 24.1 Å². The highest BCUT2D eigenvalue weighted by Gasteiger charge is 2.31. The summed E-state index contributed by atoms with van der Waals surface area (Å²) in [7, 11) is 1.69. The molecule has 10 heteroatoms. The second kappa shape index (κ2) is 8.62. The number of rotatable bonds is 6. The van der Waals surface area contributed by atoms with Gasteiger partial charge < -0.3 is 5.32 Å². The molecule has 0 bridgehead atoms. The van der Waals surface area contributed by atoms with Gasteiger partial charge >= 0.3 is 6.18 Å². The van der Waals surface area contributed by atoms with Gasteiger partial charge in [0.05, 0.1) is 23.5 Å². The van der Waals surface area contributed by atoms with Gasteiger partial charge in [-0.2, -0.15) is 18.3 Å². The van der Waals surface area contributed by atoms with Crippen LogP contribution in [0.15, 0.2) is 55.1 Å². The molecule has 1 aromatic heterocycles. The van der Waals surface area contributed by atoms with E-state index in [9.17, 15) is 22.4 Å². The molecule has 30 heavy (non-hydrogen) atoms. The zero-order valence-electron chi connectivity index (χ0n) is 16.2. The number of nitrogens with one attached hydrogen (secondary N) is 1. The molecule has 1 N–H and O–H groups in total. The van der Waals surface area contributed by atoms with Crippen LogP contribution in [0.25, 0.3) is 5.69 Å². The first-order chi connectivity index (χ1) is 14.1. The van der Waals surface area contributed by atoms with Crippen molar-refractivity contribution >= 4 is 11.6 Å². The van der Waals surface area contributed by atoms with Crippen molar-refractivity contribution in [2.24, 2.45) is 0 Å². The Hall–Kier alpha value is -3.27. The van der Waals surface area contributed by atoms with Crippen LogP contribution in [0.2, 0.25) is 0 Å². The second-order valence-electron chi connectivity index (χ2n) is 6.76. The SMILES string of the molecule is CC(c1ccc(F)cc1)N(C)CC(=O)Nc1cc(C(F)(F)F)ccc1-n1cncn1. The third kappa shape index (κ3) is 5.01. The Morgan fingerprint density at radius 2 is 1.90 bits per heavy atom. The minimum Gasteiger partial charge on any atom is -0.323 e. The van der Waals surface area contributed by atoms with Crippen molar-refractivity contribution in [3.05, 3.63) is 72.1 Å². The number of anilines is 1. The predicted octanol–water partition coefficient (Wildman–Crippen LogP) is 4.06. The number of carbonyl (C=O) groups excluding carboxylic acids is 1. The van der Waals surface area contributed by atoms with Crippen molar-refractivity contribution in [3.63, 3.8) is 0 Å². The summed E-state index contributed by atoms with van der Waals surface area (Å²) in [5.41, 5.74) is 0.120. The summed E-state index contributed by atoms with van der Waals surface area (Å²) in [4.78, 5) is 18.0. The molecular formula is C20H19F4N5O. The van der Waals surface area contributed by atoms with Crippen LogP contribution in [0.1, 0.15) is 24.1 Å². The topological polar surface area (TPSA) is 63.1 Å². The quantitative estimate of drug-likeness (QED) is 0.610. The average Bonchev–Trinajstić information content (AvgIpc) is 3.21. The average molecular weight is 421 g/mol. The van der Waals surface area contributed by atoms with Crippen molar-refractivity contribution in [3.8, 4) is 5.69 Å². The van der Waals surface area contributed by atoms with Crippen molar-refractivity contribution in [2.75, 3.05) is 18.9 Å². The summed E-state index contributed by atoms with van der Waals surface area (Å²) >= 11 is 0. The lowest BCUT2D eigenvalue weighted by Gasteiger charge is -2.25. The van der Waals surface area contributed by atoms with Gasteiger partial charge in [0.25, 0.3) is 0 Å². The van der Waals surface area contributed by atoms with Crippen LogP contribution in [0.3, 0.4) is 0 Å². The predicted molar refractivity (Wildman–Crippen MR) is 102 cm³/mol. The van der Waals surface area contributed by atoms with E-state index in [-0.39, 0.29) is 29.8 Å². The van der Waals surface area contributed by atoms with Crippen LogP contribution >= 0.6 is 0 Å². The van der Waals surface area contributed by atoms with Gasteiger partial charge in [0.2, 0.25) is 5.91 Å². The monoisotopic (exact) mass is 421 g/mol. The summed E-state index contributed by atoms with van der Waals surface area (Å²) in [6.07, 6.45) is -2.00. The molecule has 0 radical (unpaired) electrons. The fourth-order valence-corrected chi connectivity index (χ4v) is 2.89. The second-order valence-corrected chi connectivity index (χ2v) is 6.76. The molecule has 0 aliphatic heterocycles. The van der Waals surface area contributed by atoms with Gasteiger partial charge in [0.15, 0.2) is 0 Å². The van der Waals surface area contributed by atoms with E-state index < -0.39 is 17.6 Å². The smallest absolute Gasteiger partial charge is 0.323 e. The van der Waals surface area contributed by atoms with E-state index in [1.807, 2.05) is 6.92 Å². The summed E-state index contributed by atoms with van der Waals surface area (Å²) in [6, 6.07) is 8.66. The zero-order valence-corrected chi connectivity index (χ0v) is 16.2. The molecule has 3 aromatic rings. The van der Waals surface area contributed by atoms with E-state index in [1.165, 1.54) is 35.5 Å². The Morgan fingerprint density at radius 1 is 1.20 bits per heavy atom. The number of halogens is 4. The molecule has 0 aliphatic carbocycles. The van der Waals surface area contributed by atoms with E-state index >= 15 is 0 Å². The molecule has 0 fully saturated rings. The Labute approximate surface area is 170 Å². The van der Waals surface area contributed by atoms with E-state index in [0.29, 0.717) is 0 Å². The maximum absolute atomic E-state index is 13.1. The van der Waals surface area contributed by atoms with Crippen LogP contribution in [-0.2, 0) is 11.0 Å². The van der Waals surface area contributed by atoms with Gasteiger partial charge in [-0.05, 0) is 49.9 Å². The maximum atomic E-state index is 13.1. The standard InChI is InChI=1S/C20H19F4N5O/c1-13(14-3-6-16(21)7-4-14)28(2)10-19(30)27-17-9-15(20(22,23)24)5-8-18(17)29-12-25-11-26-29/h3-9,11-13H,10H2,1-2H3,(H,27,30). The molecule has 2 aromatic carbocycles. The van der Waals surface area contributed by atoms with Crippen molar-refractivity contribution in [1.82, 2.24) is 19.7 Å². The number of hydrogen-bond acceptors (Lipinski definition) is 4. The molecular weight excluding hydrogens is 402 g/mol. The highest BCUT2D eigenvalue weighted by molar-refractivity contribution is 5.94. The normalized spacial score (nSPS) is 12.8. The number of likely N-dealkylation sites (N-methyl/N-ethyl adjacent to an activating group) is 1. The number of hydrogen-bond donors (Lipinski definition) is 1. The highest BCUT2D eigenvalue weighted by atomic mass is 19.4. The third-order valence-corrected chi connectivity index (χ3v) is 4.67. The molecule has 0 saturated heterocycles. The molecule has 1 amide bonds. The Bertz CT molecular complexity index is 1000. The number of alkyl halides is 3. The van der Waals surface area contributed by atoms with Crippen LogP contribution in [0.5, 0.6) is 0 Å². The Balaban J connectivity index is 1.78. The minimum atomic E-state index is -4.56. The van der Waals surface area contributed by atoms with Gasteiger partial charge in [0.1, 0.15) is 18.5 Å². The molecule has 0 saturated carbocycles. The van der Waals surface area contributed by atoms with Crippen molar-refractivity contribution in [2.45, 2.75) is 19.1 Å². The van der Waals surface area contributed by atoms with E-state index in [4.69, 9.17) is 0 Å². The molecule has 0 aliphatic rings. The first-order valence-corrected chi connectivity index (χ1v) is 8.97. The molecule has 1 atom stereocenters. The number of nitrogens with zero attached hydrogens (tertiary/aromatic N) is 4. The summed E-state index contributed by atoms with van der Waals surface area (Å²) in [5.74, 6) is -0.872. The largest absolute Gasteiger partial charge is 0.416 e. The number of benzene rings is 2. The molecule has 158 valence electrons. The first kappa shape index (κ1) is 21.4. The first-order valence-electron chi connectivity index (χ1n) is 8.97. The van der Waals surface area contributed by atoms with Crippen LogP contribution in [0, 0.1) is 5.82 Å². The van der Waals surface area contributed by atoms with Crippen LogP contribution in [0.4, 0.5) is 23.2 Å². The van der Waals surface area contributed by atoms with Gasteiger partial charge in [0, 0.05) is 6.04 Å². The number of amides is 1. The van der Waals surface area contributed by atoms with Crippen LogP contribution in [-0.4, -0.2) is 39.2 Å². The lowest BCUT2D eigenvalue weighted by molar-refractivity contribution is -0.137. The van der Waals surface area contributed by atoms with Crippen molar-refractivity contribution in [1.29, 1.82) is 0 Å². The molecule has 3 rings (SSSR count). The number of carbonyl (C=O) groups is 1. The maximum Gasteiger partial charge on any atom is 0.416 e. The summed E-state index contributed by atoms with van der Waals surface area (Å²) < 4.78 is 53.8. The lowest BCUT2D eigenvalue weighted by Crippen LogP contribution is -2.32. The fourth-order valence-electron chi connectivity index (χ4n) is 2.89. The fraction of sp³-hybridized carbons (Fsp3) is 0.250. The van der Waals surface area contributed by atoms with E-state index in [0.717, 1.165) is 17.7 Å². The van der Waals surface area contributed by atoms with Crippen LogP contribution < -0.4 is 5.32 Å². The molecule has 1 heterocycles. The molecule has 6 nitrogen and oxygen atoms in total. The van der Waals surface area contributed by atoms with E-state index in [2.05, 4.69) is 15.4 Å². The molecule has 0 spiro atoms. The van der Waals surface area contributed by atoms with Gasteiger partial charge in [-0.25, -0.2) is 14.1 Å². The third-order valence-electron chi connectivity index (χ3n) is 4.67. The van der Waals surface area contributed by atoms with Crippen molar-refractivity contribution < 1.29 is 22.4 Å². The summed E-state index contributed by atoms with van der Waals surface area (Å²) in [5, 5.41) is 6.44. The van der Waals surface area contributed by atoms with Gasteiger partial charge in [-0.3, -0.25) is 9.69 Å². The lowest BCUT2D eigenvalue weighted by atomic mass is 10.1. The summed E-state index contributed by atoms with van der Waals surface area (Å²) in [6.45, 7) is 1.75. The number of aromatic nitrogens is 3.